The summed E-state index contributed by atoms with van der Waals surface area (Å²) in [5, 5.41) is 7.71. The molecule has 0 aliphatic heterocycles. The fourth-order valence-corrected chi connectivity index (χ4v) is 4.74. The number of hydrogen-bond donors (Lipinski definition) is 1. The van der Waals surface area contributed by atoms with Crippen molar-refractivity contribution < 1.29 is 30.7 Å². The van der Waals surface area contributed by atoms with Crippen molar-refractivity contribution in [2.45, 2.75) is 49.5 Å². The summed E-state index contributed by atoms with van der Waals surface area (Å²) in [4.78, 5) is 3.49. The molecule has 2 aromatic heterocycles. The van der Waals surface area contributed by atoms with E-state index in [1.807, 2.05) is 0 Å². The fraction of sp³-hybridized carbons (Fsp3) is 0.421. The first kappa shape index (κ1) is 25.2. The minimum atomic E-state index is -4.96. The third-order valence-electron chi connectivity index (χ3n) is 4.65. The van der Waals surface area contributed by atoms with Gasteiger partial charge >= 0.3 is 6.18 Å². The summed E-state index contributed by atoms with van der Waals surface area (Å²) in [7, 11) is -5.92. The summed E-state index contributed by atoms with van der Waals surface area (Å²) in [5.74, 6) is -0.746. The molecule has 0 saturated heterocycles. The van der Waals surface area contributed by atoms with Gasteiger partial charge in [0.15, 0.2) is 5.65 Å². The van der Waals surface area contributed by atoms with Crippen molar-refractivity contribution in [1.82, 2.24) is 24.7 Å². The molecule has 0 amide bonds. The predicted octanol–water partition coefficient (Wildman–Crippen LogP) is 3.86. The summed E-state index contributed by atoms with van der Waals surface area (Å²) in [5.41, 5.74) is -0.146. The molecule has 1 aromatic carbocycles. The Morgan fingerprint density at radius 3 is 2.45 bits per heavy atom. The lowest BCUT2D eigenvalue weighted by Gasteiger charge is -2.22. The Balaban J connectivity index is 1.80. The molecule has 3 rings (SSSR count). The van der Waals surface area contributed by atoms with Crippen LogP contribution in [0.3, 0.4) is 0 Å². The molecule has 33 heavy (non-hydrogen) atoms. The van der Waals surface area contributed by atoms with E-state index in [9.17, 15) is 26.0 Å². The van der Waals surface area contributed by atoms with Crippen LogP contribution in [0.15, 0.2) is 41.4 Å². The number of benzene rings is 1. The van der Waals surface area contributed by atoms with Crippen LogP contribution in [-0.2, 0) is 21.5 Å². The van der Waals surface area contributed by atoms with Gasteiger partial charge in [0.25, 0.3) is 0 Å². The lowest BCUT2D eigenvalue weighted by atomic mass is 10.1. The first-order valence-electron chi connectivity index (χ1n) is 9.88. The number of alkyl halides is 3. The normalized spacial score (nSPS) is 14.0. The molecule has 1 atom stereocenters. The molecule has 2 heterocycles. The van der Waals surface area contributed by atoms with Gasteiger partial charge in [0.1, 0.15) is 29.0 Å². The highest BCUT2D eigenvalue weighted by Crippen LogP contribution is 2.34. The van der Waals surface area contributed by atoms with Crippen LogP contribution in [0.4, 0.5) is 17.6 Å². The van der Waals surface area contributed by atoms with Gasteiger partial charge in [-0.3, -0.25) is 0 Å². The molecule has 0 saturated carbocycles. The molecule has 0 aliphatic carbocycles. The number of nitrogens with one attached hydrogen (secondary N) is 1. The number of fused-ring (bicyclic) bond motifs is 1. The number of aromatic nitrogens is 4. The molecule has 8 nitrogen and oxygen atoms in total. The molecular weight excluding hydrogens is 482 g/mol. The van der Waals surface area contributed by atoms with Gasteiger partial charge in [-0.15, -0.1) is 5.10 Å². The van der Waals surface area contributed by atoms with Gasteiger partial charge in [-0.2, -0.15) is 17.9 Å². The standard InChI is InChI=1S/C19H23F4N5O3SSi/c1-33(2,3)9-8-31-12-28-18-16(25-27-28)10-15(11-24-18)32(29,30)26-17(19(21,22)23)13-4-6-14(20)7-5-13/h4-7,10-11,17,26H,8-9,12H2,1-3H3. The Hall–Kier alpha value is -2.42. The lowest BCUT2D eigenvalue weighted by molar-refractivity contribution is -0.153. The van der Waals surface area contributed by atoms with E-state index in [-0.39, 0.29) is 17.9 Å². The second-order valence-electron chi connectivity index (χ2n) is 8.60. The molecule has 0 aliphatic rings. The average Bonchev–Trinajstić information content (AvgIpc) is 3.11. The van der Waals surface area contributed by atoms with Gasteiger partial charge < -0.3 is 4.74 Å². The van der Waals surface area contributed by atoms with Crippen LogP contribution in [0.25, 0.3) is 11.2 Å². The van der Waals surface area contributed by atoms with E-state index in [1.165, 1.54) is 4.68 Å². The first-order valence-corrected chi connectivity index (χ1v) is 15.1. The largest absolute Gasteiger partial charge is 0.408 e. The smallest absolute Gasteiger partial charge is 0.359 e. The monoisotopic (exact) mass is 505 g/mol. The summed E-state index contributed by atoms with van der Waals surface area (Å²) >= 11 is 0. The van der Waals surface area contributed by atoms with Gasteiger partial charge in [-0.1, -0.05) is 37.0 Å². The predicted molar refractivity (Wildman–Crippen MR) is 115 cm³/mol. The van der Waals surface area contributed by atoms with Crippen molar-refractivity contribution in [3.05, 3.63) is 47.9 Å². The van der Waals surface area contributed by atoms with E-state index in [2.05, 4.69) is 34.9 Å². The fourth-order valence-electron chi connectivity index (χ4n) is 2.81. The van der Waals surface area contributed by atoms with E-state index in [4.69, 9.17) is 4.74 Å². The minimum Gasteiger partial charge on any atom is -0.359 e. The van der Waals surface area contributed by atoms with E-state index in [1.54, 1.807) is 4.72 Å². The van der Waals surface area contributed by atoms with Gasteiger partial charge in [-0.05, 0) is 29.8 Å². The number of halogens is 4. The van der Waals surface area contributed by atoms with Crippen LogP contribution in [0.1, 0.15) is 11.6 Å². The quantitative estimate of drug-likeness (QED) is 0.269. The van der Waals surface area contributed by atoms with Gasteiger partial charge in [0.2, 0.25) is 10.0 Å². The highest BCUT2D eigenvalue weighted by molar-refractivity contribution is 7.89. The molecule has 0 radical (unpaired) electrons. The number of hydrogen-bond acceptors (Lipinski definition) is 6. The van der Waals surface area contributed by atoms with Gasteiger partial charge in [-0.25, -0.2) is 22.5 Å². The van der Waals surface area contributed by atoms with E-state index in [0.717, 1.165) is 42.6 Å². The topological polar surface area (TPSA) is 99.0 Å². The molecule has 0 bridgehead atoms. The van der Waals surface area contributed by atoms with Crippen LogP contribution >= 0.6 is 0 Å². The van der Waals surface area contributed by atoms with E-state index in [0.29, 0.717) is 6.61 Å². The number of sulfonamides is 1. The van der Waals surface area contributed by atoms with Crippen molar-refractivity contribution >= 4 is 29.3 Å². The molecule has 1 unspecified atom stereocenters. The molecule has 1 N–H and O–H groups in total. The summed E-state index contributed by atoms with van der Waals surface area (Å²) in [6.45, 7) is 7.20. The Morgan fingerprint density at radius 2 is 1.85 bits per heavy atom. The number of pyridine rings is 1. The van der Waals surface area contributed by atoms with Crippen LogP contribution in [0.5, 0.6) is 0 Å². The Bertz CT molecular complexity index is 1210. The zero-order valence-corrected chi connectivity index (χ0v) is 19.9. The average molecular weight is 506 g/mol. The van der Waals surface area contributed by atoms with Gasteiger partial charge in [0, 0.05) is 20.9 Å². The summed E-state index contributed by atoms with van der Waals surface area (Å²) in [6.07, 6.45) is -4.04. The third kappa shape index (κ3) is 6.56. The minimum absolute atomic E-state index is 0.0546. The SMILES string of the molecule is C[Si](C)(C)CCOCn1nnc2cc(S(=O)(=O)NC(c3ccc(F)cc3)C(F)(F)F)cnc21. The zero-order chi connectivity index (χ0) is 24.4. The third-order valence-corrected chi connectivity index (χ3v) is 7.74. The summed E-state index contributed by atoms with van der Waals surface area (Å²) in [6, 6.07) is 2.81. The number of nitrogens with zero attached hydrogens (tertiary/aromatic N) is 4. The maximum absolute atomic E-state index is 13.6. The van der Waals surface area contributed by atoms with Crippen molar-refractivity contribution in [1.29, 1.82) is 0 Å². The zero-order valence-electron chi connectivity index (χ0n) is 18.1. The first-order chi connectivity index (χ1) is 15.3. The van der Waals surface area contributed by atoms with Crippen LogP contribution in [-0.4, -0.2) is 49.3 Å². The number of rotatable bonds is 9. The molecule has 14 heteroatoms. The number of ether oxygens (including phenoxy) is 1. The van der Waals surface area contributed by atoms with Crippen molar-refractivity contribution in [3.63, 3.8) is 0 Å². The van der Waals surface area contributed by atoms with Crippen molar-refractivity contribution in [2.24, 2.45) is 0 Å². The lowest BCUT2D eigenvalue weighted by Crippen LogP contribution is -2.38. The van der Waals surface area contributed by atoms with Crippen molar-refractivity contribution in [3.8, 4) is 0 Å². The van der Waals surface area contributed by atoms with Crippen LogP contribution < -0.4 is 4.72 Å². The molecule has 3 aromatic rings. The van der Waals surface area contributed by atoms with Crippen molar-refractivity contribution in [2.75, 3.05) is 6.61 Å². The molecular formula is C19H23F4N5O3SSi. The van der Waals surface area contributed by atoms with Gasteiger partial charge in [0.05, 0.1) is 0 Å². The van der Waals surface area contributed by atoms with Crippen LogP contribution in [0, 0.1) is 5.82 Å². The second-order valence-corrected chi connectivity index (χ2v) is 15.9. The second kappa shape index (κ2) is 9.44. The summed E-state index contributed by atoms with van der Waals surface area (Å²) < 4.78 is 87.7. The Morgan fingerprint density at radius 1 is 1.18 bits per heavy atom. The Kier molecular flexibility index (Phi) is 7.21. The van der Waals surface area contributed by atoms with E-state index >= 15 is 0 Å². The maximum atomic E-state index is 13.6. The maximum Gasteiger partial charge on any atom is 0.408 e. The molecule has 0 fully saturated rings. The highest BCUT2D eigenvalue weighted by atomic mass is 32.2. The Labute approximate surface area is 189 Å². The molecule has 180 valence electrons. The molecule has 0 spiro atoms. The van der Waals surface area contributed by atoms with E-state index < -0.39 is 46.6 Å². The van der Waals surface area contributed by atoms with Crippen LogP contribution in [0.2, 0.25) is 25.7 Å². The highest BCUT2D eigenvalue weighted by Gasteiger charge is 2.43.